The van der Waals surface area contributed by atoms with Crippen LogP contribution >= 0.6 is 12.4 Å². The number of benzene rings is 2. The molecule has 1 atom stereocenters. The Hall–Kier alpha value is -1.25. The Kier molecular flexibility index (Phi) is 3.03. The van der Waals surface area contributed by atoms with Crippen LogP contribution in [0.25, 0.3) is 10.8 Å². The molecule has 0 radical (unpaired) electrons. The molecule has 84 valence electrons. The van der Waals surface area contributed by atoms with Crippen LogP contribution in [-0.4, -0.2) is 12.6 Å². The van der Waals surface area contributed by atoms with E-state index in [-0.39, 0.29) is 18.4 Å². The van der Waals surface area contributed by atoms with E-state index >= 15 is 0 Å². The Morgan fingerprint density at radius 2 is 1.94 bits per heavy atom. The number of ether oxygens (including phenoxy) is 1. The smallest absolute Gasteiger partial charge is 0.123 e. The summed E-state index contributed by atoms with van der Waals surface area (Å²) in [5, 5.41) is 2.53. The lowest BCUT2D eigenvalue weighted by Crippen LogP contribution is -2.33. The number of rotatable bonds is 0. The van der Waals surface area contributed by atoms with E-state index in [2.05, 4.69) is 30.3 Å². The van der Waals surface area contributed by atoms with E-state index in [9.17, 15) is 0 Å². The van der Waals surface area contributed by atoms with Gasteiger partial charge in [0.1, 0.15) is 12.4 Å². The fraction of sp³-hybridized carbons (Fsp3) is 0.231. The van der Waals surface area contributed by atoms with Crippen molar-refractivity contribution >= 4 is 23.2 Å². The third-order valence-corrected chi connectivity index (χ3v) is 2.92. The van der Waals surface area contributed by atoms with Gasteiger partial charge in [0.05, 0.1) is 0 Å². The van der Waals surface area contributed by atoms with Crippen molar-refractivity contribution in [2.45, 2.75) is 12.5 Å². The lowest BCUT2D eigenvalue weighted by atomic mass is 9.96. The van der Waals surface area contributed by atoms with Gasteiger partial charge in [0, 0.05) is 11.6 Å². The molecule has 1 aliphatic rings. The third kappa shape index (κ3) is 1.75. The highest BCUT2D eigenvalue weighted by Crippen LogP contribution is 2.31. The zero-order chi connectivity index (χ0) is 10.3. The topological polar surface area (TPSA) is 35.2 Å². The fourth-order valence-corrected chi connectivity index (χ4v) is 2.18. The van der Waals surface area contributed by atoms with Gasteiger partial charge in [0.2, 0.25) is 0 Å². The standard InChI is InChI=1S/C13H13NO.ClH/c14-10-7-12-11-4-2-1-3-9(11)5-6-13(12)15-8-10;/h1-6,10H,7-8,14H2;1H. The van der Waals surface area contributed by atoms with E-state index in [1.54, 1.807) is 0 Å². The van der Waals surface area contributed by atoms with Gasteiger partial charge in [-0.3, -0.25) is 0 Å². The summed E-state index contributed by atoms with van der Waals surface area (Å²) in [5.74, 6) is 0.996. The lowest BCUT2D eigenvalue weighted by molar-refractivity contribution is 0.264. The normalized spacial score (nSPS) is 18.4. The van der Waals surface area contributed by atoms with E-state index < -0.39 is 0 Å². The average Bonchev–Trinajstić information content (AvgIpc) is 2.29. The minimum Gasteiger partial charge on any atom is -0.492 e. The predicted molar refractivity (Wildman–Crippen MR) is 68.4 cm³/mol. The molecule has 16 heavy (non-hydrogen) atoms. The number of halogens is 1. The Balaban J connectivity index is 0.000000963. The maximum absolute atomic E-state index is 5.92. The molecule has 0 saturated carbocycles. The van der Waals surface area contributed by atoms with Crippen molar-refractivity contribution in [2.75, 3.05) is 6.61 Å². The van der Waals surface area contributed by atoms with Gasteiger partial charge in [-0.1, -0.05) is 30.3 Å². The van der Waals surface area contributed by atoms with Crippen molar-refractivity contribution in [2.24, 2.45) is 5.73 Å². The summed E-state index contributed by atoms with van der Waals surface area (Å²) >= 11 is 0. The minimum atomic E-state index is 0. The van der Waals surface area contributed by atoms with Gasteiger partial charge in [-0.05, 0) is 23.3 Å². The third-order valence-electron chi connectivity index (χ3n) is 2.92. The molecule has 1 heterocycles. The highest BCUT2D eigenvalue weighted by molar-refractivity contribution is 5.88. The number of hydrogen-bond donors (Lipinski definition) is 1. The van der Waals surface area contributed by atoms with Crippen LogP contribution in [0.3, 0.4) is 0 Å². The van der Waals surface area contributed by atoms with Crippen LogP contribution in [-0.2, 0) is 6.42 Å². The van der Waals surface area contributed by atoms with Crippen molar-refractivity contribution in [1.29, 1.82) is 0 Å². The van der Waals surface area contributed by atoms with Gasteiger partial charge in [-0.25, -0.2) is 0 Å². The Bertz CT molecular complexity index is 512. The largest absolute Gasteiger partial charge is 0.492 e. The summed E-state index contributed by atoms with van der Waals surface area (Å²) in [4.78, 5) is 0. The highest BCUT2D eigenvalue weighted by atomic mass is 35.5. The summed E-state index contributed by atoms with van der Waals surface area (Å²) in [6.45, 7) is 0.630. The fourth-order valence-electron chi connectivity index (χ4n) is 2.18. The highest BCUT2D eigenvalue weighted by Gasteiger charge is 2.18. The SMILES string of the molecule is Cl.NC1COc2ccc3ccccc3c2C1. The van der Waals surface area contributed by atoms with E-state index in [4.69, 9.17) is 10.5 Å². The van der Waals surface area contributed by atoms with Crippen molar-refractivity contribution in [3.63, 3.8) is 0 Å². The van der Waals surface area contributed by atoms with Gasteiger partial charge in [-0.15, -0.1) is 12.4 Å². The molecule has 0 aliphatic carbocycles. The van der Waals surface area contributed by atoms with E-state index in [1.807, 2.05) is 6.07 Å². The molecular formula is C13H14ClNO. The molecule has 0 bridgehead atoms. The van der Waals surface area contributed by atoms with Crippen molar-refractivity contribution in [3.8, 4) is 5.75 Å². The first kappa shape index (κ1) is 11.2. The molecule has 0 fully saturated rings. The first-order chi connectivity index (χ1) is 7.34. The Morgan fingerprint density at radius 3 is 2.81 bits per heavy atom. The maximum Gasteiger partial charge on any atom is 0.123 e. The summed E-state index contributed by atoms with van der Waals surface area (Å²) in [6, 6.07) is 12.6. The first-order valence-corrected chi connectivity index (χ1v) is 5.23. The van der Waals surface area contributed by atoms with Gasteiger partial charge in [0.15, 0.2) is 0 Å². The number of hydrogen-bond acceptors (Lipinski definition) is 2. The molecule has 0 aromatic heterocycles. The van der Waals surface area contributed by atoms with Crippen LogP contribution in [0.15, 0.2) is 36.4 Å². The van der Waals surface area contributed by atoms with E-state index in [0.717, 1.165) is 12.2 Å². The Labute approximate surface area is 101 Å². The molecule has 1 aliphatic heterocycles. The second-order valence-electron chi connectivity index (χ2n) is 4.04. The minimum absolute atomic E-state index is 0. The van der Waals surface area contributed by atoms with Gasteiger partial charge < -0.3 is 10.5 Å². The zero-order valence-corrected chi connectivity index (χ0v) is 9.67. The predicted octanol–water partition coefficient (Wildman–Crippen LogP) is 2.52. The van der Waals surface area contributed by atoms with Crippen LogP contribution in [0.2, 0.25) is 0 Å². The lowest BCUT2D eigenvalue weighted by Gasteiger charge is -2.23. The van der Waals surface area contributed by atoms with Crippen molar-refractivity contribution in [1.82, 2.24) is 0 Å². The van der Waals surface area contributed by atoms with Crippen LogP contribution < -0.4 is 10.5 Å². The number of fused-ring (bicyclic) bond motifs is 3. The summed E-state index contributed by atoms with van der Waals surface area (Å²) in [5.41, 5.74) is 7.17. The average molecular weight is 236 g/mol. The monoisotopic (exact) mass is 235 g/mol. The molecule has 3 rings (SSSR count). The molecule has 0 amide bonds. The second-order valence-corrected chi connectivity index (χ2v) is 4.04. The van der Waals surface area contributed by atoms with E-state index in [0.29, 0.717) is 6.61 Å². The van der Waals surface area contributed by atoms with Crippen LogP contribution in [0.4, 0.5) is 0 Å². The Morgan fingerprint density at radius 1 is 1.12 bits per heavy atom. The number of nitrogens with two attached hydrogens (primary N) is 1. The molecule has 2 aromatic carbocycles. The van der Waals surface area contributed by atoms with Gasteiger partial charge in [-0.2, -0.15) is 0 Å². The van der Waals surface area contributed by atoms with Crippen molar-refractivity contribution < 1.29 is 4.74 Å². The van der Waals surface area contributed by atoms with Crippen LogP contribution in [0.5, 0.6) is 5.75 Å². The van der Waals surface area contributed by atoms with Crippen LogP contribution in [0.1, 0.15) is 5.56 Å². The maximum atomic E-state index is 5.92. The molecule has 2 nitrogen and oxygen atoms in total. The molecule has 1 unspecified atom stereocenters. The van der Waals surface area contributed by atoms with Crippen molar-refractivity contribution in [3.05, 3.63) is 42.0 Å². The molecule has 0 saturated heterocycles. The van der Waals surface area contributed by atoms with Crippen LogP contribution in [0, 0.1) is 0 Å². The molecule has 0 spiro atoms. The zero-order valence-electron chi connectivity index (χ0n) is 8.85. The molecule has 2 aromatic rings. The quantitative estimate of drug-likeness (QED) is 0.762. The van der Waals surface area contributed by atoms with Gasteiger partial charge in [0.25, 0.3) is 0 Å². The summed E-state index contributed by atoms with van der Waals surface area (Å²) in [6.07, 6.45) is 0.913. The molecule has 3 heteroatoms. The second kappa shape index (κ2) is 4.32. The molecule has 2 N–H and O–H groups in total. The summed E-state index contributed by atoms with van der Waals surface area (Å²) in [7, 11) is 0. The van der Waals surface area contributed by atoms with E-state index in [1.165, 1.54) is 16.3 Å². The first-order valence-electron chi connectivity index (χ1n) is 5.23. The summed E-state index contributed by atoms with van der Waals surface area (Å²) < 4.78 is 5.62. The molecular weight excluding hydrogens is 222 g/mol. The van der Waals surface area contributed by atoms with Gasteiger partial charge >= 0.3 is 0 Å².